The van der Waals surface area contributed by atoms with Crippen molar-refractivity contribution in [2.75, 3.05) is 11.1 Å². The van der Waals surface area contributed by atoms with Gasteiger partial charge in [-0.3, -0.25) is 0 Å². The summed E-state index contributed by atoms with van der Waals surface area (Å²) in [5, 5.41) is 4.06. The smallest absolute Gasteiger partial charge is 0.138 e. The van der Waals surface area contributed by atoms with Crippen molar-refractivity contribution < 1.29 is 0 Å². The Kier molecular flexibility index (Phi) is 4.37. The van der Waals surface area contributed by atoms with E-state index in [1.165, 1.54) is 0 Å². The van der Waals surface area contributed by atoms with Crippen LogP contribution in [0.3, 0.4) is 0 Å². The fourth-order valence-electron chi connectivity index (χ4n) is 1.83. The average molecular weight is 305 g/mol. The third-order valence-corrected chi connectivity index (χ3v) is 3.48. The van der Waals surface area contributed by atoms with Crippen LogP contribution in [0.1, 0.15) is 37.7 Å². The molecule has 5 heteroatoms. The topological polar surface area (TPSA) is 63.8 Å². The minimum atomic E-state index is -0.140. The van der Waals surface area contributed by atoms with Crippen molar-refractivity contribution in [1.29, 1.82) is 0 Å². The van der Waals surface area contributed by atoms with E-state index in [0.717, 1.165) is 27.8 Å². The van der Waals surface area contributed by atoms with E-state index in [4.69, 9.17) is 17.3 Å². The van der Waals surface area contributed by atoms with Gasteiger partial charge in [-0.15, -0.1) is 0 Å². The highest BCUT2D eigenvalue weighted by atomic mass is 35.5. The molecule has 0 aliphatic rings. The van der Waals surface area contributed by atoms with E-state index < -0.39 is 0 Å². The van der Waals surface area contributed by atoms with Crippen LogP contribution in [-0.4, -0.2) is 9.97 Å². The Morgan fingerprint density at radius 1 is 1.14 bits per heavy atom. The highest BCUT2D eigenvalue weighted by molar-refractivity contribution is 6.30. The second-order valence-electron chi connectivity index (χ2n) is 6.14. The van der Waals surface area contributed by atoms with Gasteiger partial charge >= 0.3 is 0 Å². The molecule has 0 spiro atoms. The zero-order valence-electron chi connectivity index (χ0n) is 12.9. The SMILES string of the molecule is Cc1c(N)nc(C(C)(C)C)nc1NCc1ccc(Cl)cc1. The Labute approximate surface area is 130 Å². The van der Waals surface area contributed by atoms with Gasteiger partial charge in [-0.25, -0.2) is 9.97 Å². The molecular weight excluding hydrogens is 284 g/mol. The lowest BCUT2D eigenvalue weighted by Crippen LogP contribution is -2.19. The highest BCUT2D eigenvalue weighted by Crippen LogP contribution is 2.25. The van der Waals surface area contributed by atoms with E-state index in [9.17, 15) is 0 Å². The number of nitrogens with two attached hydrogens (primary N) is 1. The Morgan fingerprint density at radius 3 is 2.33 bits per heavy atom. The fraction of sp³-hybridized carbons (Fsp3) is 0.375. The zero-order chi connectivity index (χ0) is 15.6. The molecule has 0 aliphatic heterocycles. The summed E-state index contributed by atoms with van der Waals surface area (Å²) in [5.41, 5.74) is 7.86. The van der Waals surface area contributed by atoms with Gasteiger partial charge < -0.3 is 11.1 Å². The van der Waals surface area contributed by atoms with Crippen molar-refractivity contribution in [2.24, 2.45) is 0 Å². The minimum Gasteiger partial charge on any atom is -0.383 e. The molecule has 21 heavy (non-hydrogen) atoms. The lowest BCUT2D eigenvalue weighted by Gasteiger charge is -2.19. The van der Waals surface area contributed by atoms with Crippen LogP contribution in [0.4, 0.5) is 11.6 Å². The molecule has 2 rings (SSSR count). The van der Waals surface area contributed by atoms with Crippen LogP contribution in [-0.2, 0) is 12.0 Å². The van der Waals surface area contributed by atoms with Gasteiger partial charge in [0, 0.05) is 22.5 Å². The van der Waals surface area contributed by atoms with E-state index in [-0.39, 0.29) is 5.41 Å². The van der Waals surface area contributed by atoms with Crippen LogP contribution in [0.2, 0.25) is 5.02 Å². The van der Waals surface area contributed by atoms with Crippen molar-refractivity contribution in [3.63, 3.8) is 0 Å². The van der Waals surface area contributed by atoms with Gasteiger partial charge in [0.15, 0.2) is 0 Å². The lowest BCUT2D eigenvalue weighted by molar-refractivity contribution is 0.546. The number of rotatable bonds is 3. The minimum absolute atomic E-state index is 0.140. The van der Waals surface area contributed by atoms with Crippen LogP contribution in [0.25, 0.3) is 0 Å². The molecule has 112 valence electrons. The summed E-state index contributed by atoms with van der Waals surface area (Å²) in [5.74, 6) is 2.04. The molecule has 0 atom stereocenters. The average Bonchev–Trinajstić information content (AvgIpc) is 2.41. The van der Waals surface area contributed by atoms with Crippen molar-refractivity contribution in [1.82, 2.24) is 9.97 Å². The summed E-state index contributed by atoms with van der Waals surface area (Å²) in [6, 6.07) is 7.72. The maximum atomic E-state index is 6.00. The van der Waals surface area contributed by atoms with Crippen LogP contribution < -0.4 is 11.1 Å². The van der Waals surface area contributed by atoms with Crippen LogP contribution in [0.5, 0.6) is 0 Å². The maximum absolute atomic E-state index is 6.00. The molecule has 3 N–H and O–H groups in total. The first-order valence-electron chi connectivity index (χ1n) is 6.90. The predicted molar refractivity (Wildman–Crippen MR) is 88.7 cm³/mol. The van der Waals surface area contributed by atoms with Gasteiger partial charge in [-0.2, -0.15) is 0 Å². The van der Waals surface area contributed by atoms with Crippen LogP contribution in [0, 0.1) is 6.92 Å². The Bertz CT molecular complexity index is 630. The fourth-order valence-corrected chi connectivity index (χ4v) is 1.96. The summed E-state index contributed by atoms with van der Waals surface area (Å²) >= 11 is 5.89. The summed E-state index contributed by atoms with van der Waals surface area (Å²) in [6.07, 6.45) is 0. The summed E-state index contributed by atoms with van der Waals surface area (Å²) < 4.78 is 0. The second kappa shape index (κ2) is 5.90. The Balaban J connectivity index is 2.23. The molecule has 0 saturated carbocycles. The van der Waals surface area contributed by atoms with Gasteiger partial charge in [0.25, 0.3) is 0 Å². The molecule has 0 amide bonds. The zero-order valence-corrected chi connectivity index (χ0v) is 13.6. The molecule has 1 heterocycles. The van der Waals surface area contributed by atoms with Crippen molar-refractivity contribution in [3.05, 3.63) is 46.2 Å². The molecule has 2 aromatic rings. The van der Waals surface area contributed by atoms with Gasteiger partial charge in [-0.05, 0) is 24.6 Å². The number of nitrogens with zero attached hydrogens (tertiary/aromatic N) is 2. The lowest BCUT2D eigenvalue weighted by atomic mass is 9.95. The first-order valence-corrected chi connectivity index (χ1v) is 7.28. The number of anilines is 2. The van der Waals surface area contributed by atoms with Gasteiger partial charge in [0.1, 0.15) is 17.5 Å². The van der Waals surface area contributed by atoms with Gasteiger partial charge in [0.2, 0.25) is 0 Å². The Hall–Kier alpha value is -1.81. The number of benzene rings is 1. The number of halogens is 1. The molecule has 0 unspecified atom stereocenters. The number of nitrogens with one attached hydrogen (secondary N) is 1. The molecular formula is C16H21ClN4. The predicted octanol–water partition coefficient (Wildman–Crippen LogP) is 3.93. The third kappa shape index (κ3) is 3.85. The first kappa shape index (κ1) is 15.6. The standard InChI is InChI=1S/C16H21ClN4/c1-10-13(18)20-15(16(2,3)4)21-14(10)19-9-11-5-7-12(17)8-6-11/h5-8H,9H2,1-4H3,(H3,18,19,20,21). The highest BCUT2D eigenvalue weighted by Gasteiger charge is 2.20. The largest absolute Gasteiger partial charge is 0.383 e. The van der Waals surface area contributed by atoms with E-state index in [1.807, 2.05) is 31.2 Å². The van der Waals surface area contributed by atoms with Crippen LogP contribution >= 0.6 is 11.6 Å². The van der Waals surface area contributed by atoms with Crippen LogP contribution in [0.15, 0.2) is 24.3 Å². The maximum Gasteiger partial charge on any atom is 0.138 e. The quantitative estimate of drug-likeness (QED) is 0.902. The van der Waals surface area contributed by atoms with Crippen molar-refractivity contribution >= 4 is 23.2 Å². The van der Waals surface area contributed by atoms with Crippen molar-refractivity contribution in [3.8, 4) is 0 Å². The molecule has 1 aromatic carbocycles. The van der Waals surface area contributed by atoms with E-state index in [2.05, 4.69) is 36.1 Å². The van der Waals surface area contributed by atoms with E-state index >= 15 is 0 Å². The number of aromatic nitrogens is 2. The molecule has 0 fully saturated rings. The summed E-state index contributed by atoms with van der Waals surface area (Å²) in [6.45, 7) is 8.80. The molecule has 0 radical (unpaired) electrons. The molecule has 0 bridgehead atoms. The number of nitrogen functional groups attached to an aromatic ring is 1. The monoisotopic (exact) mass is 304 g/mol. The van der Waals surface area contributed by atoms with Gasteiger partial charge in [0.05, 0.1) is 0 Å². The summed E-state index contributed by atoms with van der Waals surface area (Å²) in [4.78, 5) is 8.99. The molecule has 1 aromatic heterocycles. The molecule has 0 aliphatic carbocycles. The van der Waals surface area contributed by atoms with E-state index in [0.29, 0.717) is 12.4 Å². The van der Waals surface area contributed by atoms with Gasteiger partial charge in [-0.1, -0.05) is 44.5 Å². The molecule has 0 saturated heterocycles. The Morgan fingerprint density at radius 2 is 1.76 bits per heavy atom. The first-order chi connectivity index (χ1) is 9.77. The normalized spacial score (nSPS) is 11.5. The third-order valence-electron chi connectivity index (χ3n) is 3.23. The number of hydrogen-bond donors (Lipinski definition) is 2. The molecule has 4 nitrogen and oxygen atoms in total. The van der Waals surface area contributed by atoms with Crippen molar-refractivity contribution in [2.45, 2.75) is 39.7 Å². The summed E-state index contributed by atoms with van der Waals surface area (Å²) in [7, 11) is 0. The number of hydrogen-bond acceptors (Lipinski definition) is 4. The van der Waals surface area contributed by atoms with E-state index in [1.54, 1.807) is 0 Å². The second-order valence-corrected chi connectivity index (χ2v) is 6.57.